The first kappa shape index (κ1) is 16.5. The largest absolute Gasteiger partial charge is 0.480 e. The standard InChI is InChI=1S/C13H20N2O4S/c1-3-5-9(10-6-4-7-20-10)14-13(19)15-11(8(2)16)12(17)18/h4,6-9,11,16H,3,5H2,1-2H3,(H,17,18)(H2,14,15,19)/t8-,9?,11+/m1/s1. The molecule has 20 heavy (non-hydrogen) atoms. The van der Waals surface area contributed by atoms with E-state index in [2.05, 4.69) is 10.6 Å². The number of thiophene rings is 1. The van der Waals surface area contributed by atoms with Gasteiger partial charge in [-0.05, 0) is 24.8 Å². The van der Waals surface area contributed by atoms with Crippen LogP contribution in [0.25, 0.3) is 0 Å². The Bertz CT molecular complexity index is 434. The highest BCUT2D eigenvalue weighted by molar-refractivity contribution is 7.10. The quantitative estimate of drug-likeness (QED) is 0.616. The summed E-state index contributed by atoms with van der Waals surface area (Å²) in [6, 6.07) is 1.77. The lowest BCUT2D eigenvalue weighted by atomic mass is 10.1. The fourth-order valence-corrected chi connectivity index (χ4v) is 2.61. The Morgan fingerprint density at radius 2 is 2.10 bits per heavy atom. The Morgan fingerprint density at radius 1 is 1.40 bits per heavy atom. The average Bonchev–Trinajstić information content (AvgIpc) is 2.88. The summed E-state index contributed by atoms with van der Waals surface area (Å²) in [5.41, 5.74) is 0. The van der Waals surface area contributed by atoms with Crippen molar-refractivity contribution in [2.24, 2.45) is 0 Å². The van der Waals surface area contributed by atoms with Crippen molar-refractivity contribution in [3.8, 4) is 0 Å². The fraction of sp³-hybridized carbons (Fsp3) is 0.538. The molecule has 0 aliphatic rings. The summed E-state index contributed by atoms with van der Waals surface area (Å²) >= 11 is 1.54. The molecule has 1 unspecified atom stereocenters. The van der Waals surface area contributed by atoms with E-state index in [0.29, 0.717) is 0 Å². The number of nitrogens with one attached hydrogen (secondary N) is 2. The van der Waals surface area contributed by atoms with Crippen LogP contribution in [0, 0.1) is 0 Å². The van der Waals surface area contributed by atoms with Crippen LogP contribution in [0.4, 0.5) is 4.79 Å². The van der Waals surface area contributed by atoms with Gasteiger partial charge in [0.2, 0.25) is 0 Å². The second kappa shape index (κ2) is 7.86. The molecule has 0 saturated carbocycles. The van der Waals surface area contributed by atoms with Crippen molar-refractivity contribution in [2.45, 2.75) is 44.9 Å². The first-order valence-electron chi connectivity index (χ1n) is 6.47. The van der Waals surface area contributed by atoms with Gasteiger partial charge in [-0.25, -0.2) is 9.59 Å². The van der Waals surface area contributed by atoms with Gasteiger partial charge in [0.1, 0.15) is 0 Å². The summed E-state index contributed by atoms with van der Waals surface area (Å²) in [7, 11) is 0. The highest BCUT2D eigenvalue weighted by Gasteiger charge is 2.26. The van der Waals surface area contributed by atoms with Crippen LogP contribution in [-0.4, -0.2) is 34.4 Å². The van der Waals surface area contributed by atoms with E-state index in [-0.39, 0.29) is 6.04 Å². The molecule has 4 N–H and O–H groups in total. The van der Waals surface area contributed by atoms with Crippen molar-refractivity contribution < 1.29 is 19.8 Å². The number of aliphatic hydroxyl groups is 1. The van der Waals surface area contributed by atoms with Gasteiger partial charge in [0, 0.05) is 4.88 Å². The topological polar surface area (TPSA) is 98.7 Å². The molecule has 6 nitrogen and oxygen atoms in total. The number of carboxylic acid groups (broad SMARTS) is 1. The molecule has 112 valence electrons. The summed E-state index contributed by atoms with van der Waals surface area (Å²) < 4.78 is 0. The predicted molar refractivity (Wildman–Crippen MR) is 76.7 cm³/mol. The zero-order chi connectivity index (χ0) is 15.1. The summed E-state index contributed by atoms with van der Waals surface area (Å²) in [5, 5.41) is 25.2. The molecule has 2 amide bonds. The molecule has 0 saturated heterocycles. The SMILES string of the molecule is CCCC(NC(=O)N[C@H](C(=O)O)[C@@H](C)O)c1cccs1. The number of carboxylic acids is 1. The van der Waals surface area contributed by atoms with Gasteiger partial charge in [-0.3, -0.25) is 0 Å². The van der Waals surface area contributed by atoms with Gasteiger partial charge in [0.15, 0.2) is 6.04 Å². The number of carbonyl (C=O) groups excluding carboxylic acids is 1. The van der Waals surface area contributed by atoms with Crippen molar-refractivity contribution in [1.82, 2.24) is 10.6 Å². The Labute approximate surface area is 121 Å². The molecule has 0 fully saturated rings. The van der Waals surface area contributed by atoms with Gasteiger partial charge in [-0.15, -0.1) is 11.3 Å². The predicted octanol–water partition coefficient (Wildman–Crippen LogP) is 1.72. The molecule has 0 bridgehead atoms. The third-order valence-electron chi connectivity index (χ3n) is 2.80. The molecule has 1 heterocycles. The Balaban J connectivity index is 2.64. The molecule has 0 spiro atoms. The summed E-state index contributed by atoms with van der Waals surface area (Å²) in [6.07, 6.45) is 0.492. The lowest BCUT2D eigenvalue weighted by Gasteiger charge is -2.21. The first-order valence-corrected chi connectivity index (χ1v) is 7.35. The average molecular weight is 300 g/mol. The number of aliphatic carboxylic acids is 1. The van der Waals surface area contributed by atoms with Crippen LogP contribution in [0.2, 0.25) is 0 Å². The van der Waals surface area contributed by atoms with Crippen LogP contribution in [0.1, 0.15) is 37.6 Å². The minimum atomic E-state index is -1.32. The molecule has 1 aromatic heterocycles. The van der Waals surface area contributed by atoms with E-state index in [9.17, 15) is 14.7 Å². The molecule has 0 aliphatic heterocycles. The fourth-order valence-electron chi connectivity index (χ4n) is 1.79. The van der Waals surface area contributed by atoms with Gasteiger partial charge in [0.05, 0.1) is 12.1 Å². The van der Waals surface area contributed by atoms with Crippen molar-refractivity contribution in [1.29, 1.82) is 0 Å². The third-order valence-corrected chi connectivity index (χ3v) is 3.79. The van der Waals surface area contributed by atoms with E-state index in [1.807, 2.05) is 24.4 Å². The number of rotatable bonds is 7. The molecular weight excluding hydrogens is 280 g/mol. The molecule has 7 heteroatoms. The summed E-state index contributed by atoms with van der Waals surface area (Å²) in [6.45, 7) is 3.33. The van der Waals surface area contributed by atoms with Crippen LogP contribution >= 0.6 is 11.3 Å². The van der Waals surface area contributed by atoms with E-state index < -0.39 is 24.1 Å². The Morgan fingerprint density at radius 3 is 2.55 bits per heavy atom. The van der Waals surface area contributed by atoms with E-state index >= 15 is 0 Å². The zero-order valence-corrected chi connectivity index (χ0v) is 12.3. The van der Waals surface area contributed by atoms with Crippen LogP contribution in [0.3, 0.4) is 0 Å². The van der Waals surface area contributed by atoms with Crippen molar-refractivity contribution in [2.75, 3.05) is 0 Å². The molecule has 1 aromatic rings. The third kappa shape index (κ3) is 4.82. The van der Waals surface area contributed by atoms with E-state index in [0.717, 1.165) is 17.7 Å². The number of urea groups is 1. The molecule has 3 atom stereocenters. The smallest absolute Gasteiger partial charge is 0.328 e. The maximum Gasteiger partial charge on any atom is 0.328 e. The van der Waals surface area contributed by atoms with E-state index in [1.165, 1.54) is 18.3 Å². The molecule has 0 radical (unpaired) electrons. The number of hydrogen-bond acceptors (Lipinski definition) is 4. The molecule has 0 aromatic carbocycles. The van der Waals surface area contributed by atoms with Gasteiger partial charge < -0.3 is 20.8 Å². The molecular formula is C13H20N2O4S. The van der Waals surface area contributed by atoms with Gasteiger partial charge in [-0.2, -0.15) is 0 Å². The van der Waals surface area contributed by atoms with Crippen LogP contribution in [0.5, 0.6) is 0 Å². The lowest BCUT2D eigenvalue weighted by Crippen LogP contribution is -2.51. The summed E-state index contributed by atoms with van der Waals surface area (Å²) in [4.78, 5) is 23.8. The van der Waals surface area contributed by atoms with Crippen LogP contribution in [0.15, 0.2) is 17.5 Å². The van der Waals surface area contributed by atoms with Gasteiger partial charge in [0.25, 0.3) is 0 Å². The molecule has 0 aliphatic carbocycles. The summed E-state index contributed by atoms with van der Waals surface area (Å²) in [5.74, 6) is -1.27. The van der Waals surface area contributed by atoms with Crippen LogP contribution < -0.4 is 10.6 Å². The minimum absolute atomic E-state index is 0.150. The van der Waals surface area contributed by atoms with Crippen molar-refractivity contribution >= 4 is 23.3 Å². The first-order chi connectivity index (χ1) is 9.45. The van der Waals surface area contributed by atoms with E-state index in [4.69, 9.17) is 5.11 Å². The van der Waals surface area contributed by atoms with Crippen molar-refractivity contribution in [3.05, 3.63) is 22.4 Å². The van der Waals surface area contributed by atoms with Gasteiger partial charge >= 0.3 is 12.0 Å². The normalized spacial score (nSPS) is 15.2. The Hall–Kier alpha value is -1.60. The monoisotopic (exact) mass is 300 g/mol. The van der Waals surface area contributed by atoms with E-state index in [1.54, 1.807) is 0 Å². The number of aliphatic hydroxyl groups excluding tert-OH is 1. The number of carbonyl (C=O) groups is 2. The Kier molecular flexibility index (Phi) is 6.47. The number of amides is 2. The second-order valence-electron chi connectivity index (χ2n) is 4.53. The highest BCUT2D eigenvalue weighted by Crippen LogP contribution is 2.22. The van der Waals surface area contributed by atoms with Gasteiger partial charge in [-0.1, -0.05) is 19.4 Å². The number of hydrogen-bond donors (Lipinski definition) is 4. The zero-order valence-electron chi connectivity index (χ0n) is 11.5. The minimum Gasteiger partial charge on any atom is -0.480 e. The maximum absolute atomic E-state index is 11.9. The van der Waals surface area contributed by atoms with Crippen molar-refractivity contribution in [3.63, 3.8) is 0 Å². The maximum atomic E-state index is 11.9. The van der Waals surface area contributed by atoms with Crippen LogP contribution in [-0.2, 0) is 4.79 Å². The lowest BCUT2D eigenvalue weighted by molar-refractivity contribution is -0.141. The highest BCUT2D eigenvalue weighted by atomic mass is 32.1. The second-order valence-corrected chi connectivity index (χ2v) is 5.51. The molecule has 1 rings (SSSR count).